The van der Waals surface area contributed by atoms with E-state index in [1.54, 1.807) is 12.1 Å². The van der Waals surface area contributed by atoms with Crippen LogP contribution in [0.4, 0.5) is 4.39 Å². The first kappa shape index (κ1) is 10.4. The molecule has 0 saturated carbocycles. The molecule has 4 heteroatoms. The average molecular weight is 204 g/mol. The third kappa shape index (κ3) is 2.40. The van der Waals surface area contributed by atoms with Crippen molar-refractivity contribution < 1.29 is 9.50 Å². The smallest absolute Gasteiger partial charge is 0.142 e. The normalized spacial score (nSPS) is 12.9. The molecule has 2 nitrogen and oxygen atoms in total. The molecule has 1 unspecified atom stereocenters. The van der Waals surface area contributed by atoms with E-state index in [2.05, 4.69) is 0 Å². The highest BCUT2D eigenvalue weighted by atomic mass is 35.5. The second-order valence-corrected chi connectivity index (χ2v) is 3.14. The fourth-order valence-corrected chi connectivity index (χ4v) is 1.37. The highest BCUT2D eigenvalue weighted by molar-refractivity contribution is 6.31. The Kier molecular flexibility index (Phi) is 3.66. The van der Waals surface area contributed by atoms with E-state index in [4.69, 9.17) is 22.4 Å². The molecule has 0 aliphatic rings. The van der Waals surface area contributed by atoms with Crippen LogP contribution in [-0.2, 0) is 0 Å². The molecule has 0 amide bonds. The first-order valence-electron chi connectivity index (χ1n) is 3.97. The van der Waals surface area contributed by atoms with Gasteiger partial charge < -0.3 is 10.8 Å². The summed E-state index contributed by atoms with van der Waals surface area (Å²) in [6.07, 6.45) is 0.378. The Labute approximate surface area is 81.1 Å². The Morgan fingerprint density at radius 2 is 2.23 bits per heavy atom. The highest BCUT2D eigenvalue weighted by Gasteiger charge is 2.11. The molecule has 0 heterocycles. The average Bonchev–Trinajstić information content (AvgIpc) is 2.10. The number of hydrogen-bond donors (Lipinski definition) is 2. The summed E-state index contributed by atoms with van der Waals surface area (Å²) in [6.45, 7) is -0.0337. The first-order chi connectivity index (χ1) is 6.16. The molecule has 0 spiro atoms. The predicted molar refractivity (Wildman–Crippen MR) is 50.0 cm³/mol. The van der Waals surface area contributed by atoms with Crippen LogP contribution in [0.25, 0.3) is 0 Å². The fourth-order valence-electron chi connectivity index (χ4n) is 1.10. The van der Waals surface area contributed by atoms with Crippen molar-refractivity contribution in [3.8, 4) is 0 Å². The van der Waals surface area contributed by atoms with Gasteiger partial charge in [0.1, 0.15) is 5.82 Å². The summed E-state index contributed by atoms with van der Waals surface area (Å²) in [7, 11) is 0. The quantitative estimate of drug-likeness (QED) is 0.788. The van der Waals surface area contributed by atoms with Gasteiger partial charge in [-0.25, -0.2) is 4.39 Å². The lowest BCUT2D eigenvalue weighted by Crippen LogP contribution is -2.12. The van der Waals surface area contributed by atoms with Gasteiger partial charge in [-0.2, -0.15) is 0 Å². The van der Waals surface area contributed by atoms with Gasteiger partial charge in [-0.15, -0.1) is 0 Å². The molecule has 13 heavy (non-hydrogen) atoms. The molecule has 1 aromatic carbocycles. The van der Waals surface area contributed by atoms with Crippen LogP contribution in [0.15, 0.2) is 18.2 Å². The van der Waals surface area contributed by atoms with Gasteiger partial charge in [0.05, 0.1) is 5.02 Å². The number of benzene rings is 1. The molecule has 3 N–H and O–H groups in total. The maximum Gasteiger partial charge on any atom is 0.142 e. The fraction of sp³-hybridized carbons (Fsp3) is 0.333. The standard InChI is InChI=1S/C9H11ClFNO/c10-9-6(8(12)4-5-13)2-1-3-7(9)11/h1-3,8,13H,4-5,12H2. The molecule has 0 radical (unpaired) electrons. The Morgan fingerprint density at radius 3 is 2.85 bits per heavy atom. The molecule has 1 aromatic rings. The summed E-state index contributed by atoms with van der Waals surface area (Å²) in [5.74, 6) is -0.479. The van der Waals surface area contributed by atoms with Crippen molar-refractivity contribution in [2.45, 2.75) is 12.5 Å². The van der Waals surface area contributed by atoms with Gasteiger partial charge in [0.25, 0.3) is 0 Å². The minimum atomic E-state index is -0.479. The molecule has 0 aliphatic carbocycles. The third-order valence-electron chi connectivity index (χ3n) is 1.82. The van der Waals surface area contributed by atoms with Crippen LogP contribution in [-0.4, -0.2) is 11.7 Å². The molecule has 0 fully saturated rings. The summed E-state index contributed by atoms with van der Waals surface area (Å²) in [6, 6.07) is 4.07. The first-order valence-corrected chi connectivity index (χ1v) is 4.35. The zero-order valence-corrected chi connectivity index (χ0v) is 7.76. The van der Waals surface area contributed by atoms with Crippen LogP contribution in [0.3, 0.4) is 0 Å². The van der Waals surface area contributed by atoms with Crippen LogP contribution < -0.4 is 5.73 Å². The van der Waals surface area contributed by atoms with E-state index in [1.165, 1.54) is 6.07 Å². The van der Waals surface area contributed by atoms with Crippen molar-refractivity contribution >= 4 is 11.6 Å². The van der Waals surface area contributed by atoms with Gasteiger partial charge in [-0.1, -0.05) is 23.7 Å². The summed E-state index contributed by atoms with van der Waals surface area (Å²) in [5, 5.41) is 8.69. The summed E-state index contributed by atoms with van der Waals surface area (Å²) < 4.78 is 12.9. The second-order valence-electron chi connectivity index (χ2n) is 2.76. The molecule has 0 aromatic heterocycles. The molecular formula is C9H11ClFNO. The van der Waals surface area contributed by atoms with Gasteiger partial charge in [0, 0.05) is 12.6 Å². The molecular weight excluding hydrogens is 193 g/mol. The summed E-state index contributed by atoms with van der Waals surface area (Å²) in [5.41, 5.74) is 6.20. The van der Waals surface area contributed by atoms with Crippen LogP contribution in [0.2, 0.25) is 5.02 Å². The van der Waals surface area contributed by atoms with Gasteiger partial charge >= 0.3 is 0 Å². The number of hydrogen-bond acceptors (Lipinski definition) is 2. The monoisotopic (exact) mass is 203 g/mol. The number of rotatable bonds is 3. The van der Waals surface area contributed by atoms with Gasteiger partial charge in [-0.05, 0) is 18.1 Å². The minimum Gasteiger partial charge on any atom is -0.396 e. The third-order valence-corrected chi connectivity index (χ3v) is 2.22. The molecule has 0 aliphatic heterocycles. The Balaban J connectivity index is 2.93. The number of aliphatic hydroxyl groups is 1. The maximum atomic E-state index is 12.9. The van der Waals surface area contributed by atoms with E-state index in [0.717, 1.165) is 0 Å². The van der Waals surface area contributed by atoms with Crippen LogP contribution in [0.5, 0.6) is 0 Å². The molecule has 0 bridgehead atoms. The Morgan fingerprint density at radius 1 is 1.54 bits per heavy atom. The van der Waals surface area contributed by atoms with Crippen LogP contribution >= 0.6 is 11.6 Å². The predicted octanol–water partition coefficient (Wildman–Crippen LogP) is 1.86. The highest BCUT2D eigenvalue weighted by Crippen LogP contribution is 2.25. The zero-order chi connectivity index (χ0) is 9.84. The topological polar surface area (TPSA) is 46.2 Å². The minimum absolute atomic E-state index is 0.0337. The number of halogens is 2. The second kappa shape index (κ2) is 4.56. The van der Waals surface area contributed by atoms with Gasteiger partial charge in [-0.3, -0.25) is 0 Å². The number of aliphatic hydroxyl groups excluding tert-OH is 1. The Bertz CT molecular complexity index is 293. The lowest BCUT2D eigenvalue weighted by molar-refractivity contribution is 0.276. The van der Waals surface area contributed by atoms with E-state index in [0.29, 0.717) is 12.0 Å². The molecule has 1 atom stereocenters. The SMILES string of the molecule is NC(CCO)c1cccc(F)c1Cl. The van der Waals surface area contributed by atoms with Gasteiger partial charge in [0.15, 0.2) is 0 Å². The van der Waals surface area contributed by atoms with Crippen molar-refractivity contribution in [2.24, 2.45) is 5.73 Å². The van der Waals surface area contributed by atoms with Crippen molar-refractivity contribution in [3.63, 3.8) is 0 Å². The molecule has 1 rings (SSSR count). The van der Waals surface area contributed by atoms with Crippen molar-refractivity contribution in [1.29, 1.82) is 0 Å². The summed E-state index contributed by atoms with van der Waals surface area (Å²) >= 11 is 5.69. The largest absolute Gasteiger partial charge is 0.396 e. The van der Waals surface area contributed by atoms with E-state index < -0.39 is 11.9 Å². The summed E-state index contributed by atoms with van der Waals surface area (Å²) in [4.78, 5) is 0. The van der Waals surface area contributed by atoms with Gasteiger partial charge in [0.2, 0.25) is 0 Å². The molecule has 0 saturated heterocycles. The van der Waals surface area contributed by atoms with Crippen LogP contribution in [0.1, 0.15) is 18.0 Å². The van der Waals surface area contributed by atoms with Crippen molar-refractivity contribution in [1.82, 2.24) is 0 Å². The van der Waals surface area contributed by atoms with Crippen LogP contribution in [0, 0.1) is 5.82 Å². The van der Waals surface area contributed by atoms with E-state index in [9.17, 15) is 4.39 Å². The van der Waals surface area contributed by atoms with Crippen molar-refractivity contribution in [2.75, 3.05) is 6.61 Å². The zero-order valence-electron chi connectivity index (χ0n) is 7.00. The van der Waals surface area contributed by atoms with E-state index in [1.807, 2.05) is 0 Å². The lowest BCUT2D eigenvalue weighted by atomic mass is 10.1. The van der Waals surface area contributed by atoms with Crippen molar-refractivity contribution in [3.05, 3.63) is 34.6 Å². The van der Waals surface area contributed by atoms with E-state index in [-0.39, 0.29) is 11.6 Å². The lowest BCUT2D eigenvalue weighted by Gasteiger charge is -2.12. The van der Waals surface area contributed by atoms with E-state index >= 15 is 0 Å². The molecule has 72 valence electrons. The maximum absolute atomic E-state index is 12.9. The Hall–Kier alpha value is -0.640. The number of nitrogens with two attached hydrogens (primary N) is 1.